The Hall–Kier alpha value is -2.58. The number of likely N-dealkylation sites (tertiary alicyclic amines) is 2. The van der Waals surface area contributed by atoms with Crippen molar-refractivity contribution in [2.24, 2.45) is 11.8 Å². The van der Waals surface area contributed by atoms with Gasteiger partial charge in [-0.15, -0.1) is 0 Å². The number of rotatable bonds is 5. The van der Waals surface area contributed by atoms with Crippen LogP contribution >= 0.6 is 0 Å². The Balaban J connectivity index is 1.56. The van der Waals surface area contributed by atoms with Crippen molar-refractivity contribution >= 4 is 5.91 Å². The number of aromatic nitrogens is 1. The number of hydrogen-bond donors (Lipinski definition) is 1. The van der Waals surface area contributed by atoms with Crippen LogP contribution in [0, 0.1) is 30.1 Å². The largest absolute Gasteiger partial charge is 0.353 e. The molecule has 0 saturated carbocycles. The first-order valence-electron chi connectivity index (χ1n) is 10.3. The average Bonchev–Trinajstić information content (AvgIpc) is 3.37. The van der Waals surface area contributed by atoms with Crippen LogP contribution < -0.4 is 0 Å². The molecule has 1 aromatic carbocycles. The second-order valence-corrected chi connectivity index (χ2v) is 8.25. The van der Waals surface area contributed by atoms with E-state index in [1.165, 1.54) is 11.1 Å². The van der Waals surface area contributed by atoms with Crippen molar-refractivity contribution in [3.8, 4) is 6.07 Å². The smallest absolute Gasteiger partial charge is 0.223 e. The highest BCUT2D eigenvalue weighted by molar-refractivity contribution is 5.77. The van der Waals surface area contributed by atoms with E-state index < -0.39 is 0 Å². The van der Waals surface area contributed by atoms with E-state index in [0.29, 0.717) is 29.9 Å². The molecule has 2 aliphatic rings. The first-order valence-corrected chi connectivity index (χ1v) is 10.3. The molecule has 0 radical (unpaired) electrons. The third kappa shape index (κ3) is 3.45. The third-order valence-corrected chi connectivity index (χ3v) is 6.30. The van der Waals surface area contributed by atoms with Gasteiger partial charge >= 0.3 is 0 Å². The van der Waals surface area contributed by atoms with E-state index in [0.717, 1.165) is 38.2 Å². The fourth-order valence-electron chi connectivity index (χ4n) is 5.05. The molecule has 0 bridgehead atoms. The molecule has 0 spiro atoms. The van der Waals surface area contributed by atoms with Crippen molar-refractivity contribution in [3.05, 3.63) is 58.9 Å². The topological polar surface area (TPSA) is 63.1 Å². The minimum Gasteiger partial charge on any atom is -0.353 e. The maximum Gasteiger partial charge on any atom is 0.223 e. The Morgan fingerprint density at radius 1 is 1.29 bits per heavy atom. The highest BCUT2D eigenvalue weighted by atomic mass is 16.2. The van der Waals surface area contributed by atoms with E-state index in [1.807, 2.05) is 12.3 Å². The SMILES string of the molecule is CCCC(=O)N1C[C@@H]2CN(Cc3c[nH]c(C#N)c3)C[C@@H]2[C@@H]1c1ccccc1C. The highest BCUT2D eigenvalue weighted by Gasteiger charge is 2.49. The molecule has 2 saturated heterocycles. The number of nitriles is 1. The van der Waals surface area contributed by atoms with Gasteiger partial charge in [-0.25, -0.2) is 0 Å². The van der Waals surface area contributed by atoms with Crippen LogP contribution in [0.2, 0.25) is 0 Å². The quantitative estimate of drug-likeness (QED) is 0.867. The van der Waals surface area contributed by atoms with Crippen molar-refractivity contribution in [2.75, 3.05) is 19.6 Å². The van der Waals surface area contributed by atoms with Crippen LogP contribution in [0.15, 0.2) is 36.5 Å². The lowest BCUT2D eigenvalue weighted by atomic mass is 9.87. The normalized spacial score (nSPS) is 24.3. The fraction of sp³-hybridized carbons (Fsp3) is 0.478. The average molecular weight is 377 g/mol. The number of nitrogens with one attached hydrogen (secondary N) is 1. The third-order valence-electron chi connectivity index (χ3n) is 6.30. The molecule has 0 aliphatic carbocycles. The highest BCUT2D eigenvalue weighted by Crippen LogP contribution is 2.46. The van der Waals surface area contributed by atoms with E-state index in [1.54, 1.807) is 0 Å². The van der Waals surface area contributed by atoms with Gasteiger partial charge in [0, 0.05) is 44.7 Å². The Labute approximate surface area is 167 Å². The van der Waals surface area contributed by atoms with Crippen molar-refractivity contribution in [1.82, 2.24) is 14.8 Å². The molecule has 2 aromatic rings. The lowest BCUT2D eigenvalue weighted by molar-refractivity contribution is -0.132. The Morgan fingerprint density at radius 3 is 2.82 bits per heavy atom. The summed E-state index contributed by atoms with van der Waals surface area (Å²) < 4.78 is 0. The van der Waals surface area contributed by atoms with Crippen LogP contribution in [0.1, 0.15) is 48.2 Å². The molecule has 28 heavy (non-hydrogen) atoms. The van der Waals surface area contributed by atoms with Gasteiger partial charge in [-0.1, -0.05) is 31.2 Å². The minimum absolute atomic E-state index is 0.177. The molecule has 3 atom stereocenters. The number of carbonyl (C=O) groups excluding carboxylic acids is 1. The summed E-state index contributed by atoms with van der Waals surface area (Å²) in [7, 11) is 0. The predicted molar refractivity (Wildman–Crippen MR) is 108 cm³/mol. The monoisotopic (exact) mass is 376 g/mol. The Kier molecular flexibility index (Phi) is 5.23. The van der Waals surface area contributed by atoms with Gasteiger partial charge in [0.15, 0.2) is 0 Å². The molecule has 5 heteroatoms. The molecular formula is C23H28N4O. The summed E-state index contributed by atoms with van der Waals surface area (Å²) in [5.41, 5.74) is 4.34. The van der Waals surface area contributed by atoms with Crippen LogP contribution in [0.4, 0.5) is 0 Å². The molecule has 1 N–H and O–H groups in total. The van der Waals surface area contributed by atoms with E-state index >= 15 is 0 Å². The minimum atomic E-state index is 0.177. The molecule has 1 amide bonds. The van der Waals surface area contributed by atoms with Crippen molar-refractivity contribution < 1.29 is 4.79 Å². The number of aromatic amines is 1. The molecule has 1 aromatic heterocycles. The van der Waals surface area contributed by atoms with Crippen molar-refractivity contribution in [3.63, 3.8) is 0 Å². The molecule has 146 valence electrons. The van der Waals surface area contributed by atoms with Crippen molar-refractivity contribution in [1.29, 1.82) is 5.26 Å². The molecule has 2 fully saturated rings. The fourth-order valence-corrected chi connectivity index (χ4v) is 5.05. The zero-order valence-electron chi connectivity index (χ0n) is 16.7. The summed E-state index contributed by atoms with van der Waals surface area (Å²) in [4.78, 5) is 20.5. The summed E-state index contributed by atoms with van der Waals surface area (Å²) in [6.45, 7) is 7.94. The molecule has 4 rings (SSSR count). The molecule has 5 nitrogen and oxygen atoms in total. The Bertz CT molecular complexity index is 896. The number of fused-ring (bicyclic) bond motifs is 1. The summed E-state index contributed by atoms with van der Waals surface area (Å²) in [5.74, 6) is 1.28. The molecular weight excluding hydrogens is 348 g/mol. The van der Waals surface area contributed by atoms with Gasteiger partial charge in [0.25, 0.3) is 0 Å². The van der Waals surface area contributed by atoms with Gasteiger partial charge in [0.1, 0.15) is 11.8 Å². The number of carbonyl (C=O) groups is 1. The summed E-state index contributed by atoms with van der Waals surface area (Å²) >= 11 is 0. The van der Waals surface area contributed by atoms with E-state index in [9.17, 15) is 4.79 Å². The van der Waals surface area contributed by atoms with Crippen LogP contribution in [0.25, 0.3) is 0 Å². The van der Waals surface area contributed by atoms with Gasteiger partial charge in [-0.05, 0) is 42.0 Å². The lowest BCUT2D eigenvalue weighted by Gasteiger charge is -2.31. The van der Waals surface area contributed by atoms with E-state index in [4.69, 9.17) is 5.26 Å². The second kappa shape index (κ2) is 7.81. The van der Waals surface area contributed by atoms with Crippen LogP contribution in [0.5, 0.6) is 0 Å². The van der Waals surface area contributed by atoms with Crippen LogP contribution in [0.3, 0.4) is 0 Å². The number of benzene rings is 1. The lowest BCUT2D eigenvalue weighted by Crippen LogP contribution is -2.35. The van der Waals surface area contributed by atoms with Crippen molar-refractivity contribution in [2.45, 2.75) is 39.3 Å². The van der Waals surface area contributed by atoms with Crippen LogP contribution in [-0.2, 0) is 11.3 Å². The van der Waals surface area contributed by atoms with E-state index in [2.05, 4.69) is 59.0 Å². The van der Waals surface area contributed by atoms with Gasteiger partial charge < -0.3 is 9.88 Å². The Morgan fingerprint density at radius 2 is 2.11 bits per heavy atom. The standard InChI is InChI=1S/C23H28N4O/c1-3-6-22(28)27-14-18-13-26(12-17-9-19(10-24)25-11-17)15-21(18)23(27)20-8-5-4-7-16(20)2/h4-5,7-9,11,18,21,23,25H,3,6,12-15H2,1-2H3/t18-,21-,23-/m0/s1. The number of H-pyrrole nitrogens is 1. The summed E-state index contributed by atoms with van der Waals surface area (Å²) in [6, 6.07) is 12.8. The zero-order valence-corrected chi connectivity index (χ0v) is 16.7. The number of hydrogen-bond acceptors (Lipinski definition) is 3. The van der Waals surface area contributed by atoms with E-state index in [-0.39, 0.29) is 6.04 Å². The first kappa shape index (κ1) is 18.8. The number of nitrogens with zero attached hydrogens (tertiary/aromatic N) is 3. The summed E-state index contributed by atoms with van der Waals surface area (Å²) in [5, 5.41) is 9.02. The number of amides is 1. The number of aryl methyl sites for hydroxylation is 1. The van der Waals surface area contributed by atoms with Gasteiger partial charge in [0.2, 0.25) is 5.91 Å². The zero-order chi connectivity index (χ0) is 19.7. The van der Waals surface area contributed by atoms with Crippen LogP contribution in [-0.4, -0.2) is 40.3 Å². The van der Waals surface area contributed by atoms with Gasteiger partial charge in [-0.2, -0.15) is 5.26 Å². The summed E-state index contributed by atoms with van der Waals surface area (Å²) in [6.07, 6.45) is 3.46. The maximum absolute atomic E-state index is 12.9. The van der Waals surface area contributed by atoms with Gasteiger partial charge in [0.05, 0.1) is 6.04 Å². The molecule has 2 aliphatic heterocycles. The second-order valence-electron chi connectivity index (χ2n) is 8.25. The maximum atomic E-state index is 12.9. The molecule has 0 unspecified atom stereocenters. The molecule has 3 heterocycles. The predicted octanol–water partition coefficient (Wildman–Crippen LogP) is 3.63. The first-order chi connectivity index (χ1) is 13.6. The van der Waals surface area contributed by atoms with Gasteiger partial charge in [-0.3, -0.25) is 9.69 Å².